The zero-order chi connectivity index (χ0) is 12.4. The molecule has 0 heterocycles. The fourth-order valence-corrected chi connectivity index (χ4v) is 1.69. The number of nitrogens with one attached hydrogen (secondary N) is 1. The van der Waals surface area contributed by atoms with Crippen LogP contribution in [0.3, 0.4) is 0 Å². The molecule has 16 heavy (non-hydrogen) atoms. The Balaban J connectivity index is 3.93. The van der Waals surface area contributed by atoms with E-state index in [1.54, 1.807) is 0 Å². The molecule has 3 N–H and O–H groups in total. The molecule has 4 heteroatoms. The van der Waals surface area contributed by atoms with Gasteiger partial charge in [-0.05, 0) is 12.5 Å². The van der Waals surface area contributed by atoms with Crippen molar-refractivity contribution in [2.24, 2.45) is 11.7 Å². The van der Waals surface area contributed by atoms with Crippen molar-refractivity contribution >= 4 is 5.91 Å². The lowest BCUT2D eigenvalue weighted by molar-refractivity contribution is -0.122. The number of nitrogens with zero attached hydrogens (tertiary/aromatic N) is 1. The van der Waals surface area contributed by atoms with Gasteiger partial charge in [-0.25, -0.2) is 0 Å². The van der Waals surface area contributed by atoms with Gasteiger partial charge >= 0.3 is 0 Å². The summed E-state index contributed by atoms with van der Waals surface area (Å²) in [6.45, 7) is 10.0. The maximum Gasteiger partial charge on any atom is 0.234 e. The van der Waals surface area contributed by atoms with Crippen LogP contribution in [0.4, 0.5) is 0 Å². The molecule has 0 aliphatic rings. The molecule has 0 unspecified atom stereocenters. The van der Waals surface area contributed by atoms with Crippen LogP contribution in [0, 0.1) is 5.92 Å². The van der Waals surface area contributed by atoms with Gasteiger partial charge in [0.2, 0.25) is 5.91 Å². The Morgan fingerprint density at radius 2 is 1.94 bits per heavy atom. The highest BCUT2D eigenvalue weighted by molar-refractivity contribution is 5.77. The Morgan fingerprint density at radius 3 is 2.38 bits per heavy atom. The third kappa shape index (κ3) is 6.80. The molecule has 96 valence electrons. The highest BCUT2D eigenvalue weighted by atomic mass is 16.2. The molecule has 0 saturated carbocycles. The maximum absolute atomic E-state index is 11.5. The first-order valence-electron chi connectivity index (χ1n) is 6.36. The van der Waals surface area contributed by atoms with Crippen molar-refractivity contribution in [1.82, 2.24) is 10.2 Å². The number of carbonyl (C=O) groups is 1. The van der Waals surface area contributed by atoms with Crippen molar-refractivity contribution < 1.29 is 4.79 Å². The summed E-state index contributed by atoms with van der Waals surface area (Å²) < 4.78 is 0. The molecule has 0 fully saturated rings. The van der Waals surface area contributed by atoms with E-state index in [0.717, 1.165) is 13.1 Å². The molecule has 0 aliphatic carbocycles. The molecule has 0 aromatic rings. The molecule has 0 bridgehead atoms. The number of amides is 1. The number of carbonyl (C=O) groups excluding carboxylic acids is 1. The molecular weight excluding hydrogens is 202 g/mol. The van der Waals surface area contributed by atoms with Crippen LogP contribution in [-0.2, 0) is 4.79 Å². The van der Waals surface area contributed by atoms with Crippen molar-refractivity contribution in [3.05, 3.63) is 0 Å². The molecule has 0 atom stereocenters. The molecule has 0 spiro atoms. The van der Waals surface area contributed by atoms with E-state index < -0.39 is 0 Å². The topological polar surface area (TPSA) is 58.4 Å². The number of nitrogens with two attached hydrogens (primary N) is 1. The van der Waals surface area contributed by atoms with Crippen LogP contribution in [0.15, 0.2) is 0 Å². The molecule has 0 aliphatic heterocycles. The van der Waals surface area contributed by atoms with E-state index in [0.29, 0.717) is 25.6 Å². The summed E-state index contributed by atoms with van der Waals surface area (Å²) in [4.78, 5) is 13.7. The van der Waals surface area contributed by atoms with Crippen LogP contribution >= 0.6 is 0 Å². The van der Waals surface area contributed by atoms with Crippen molar-refractivity contribution in [3.63, 3.8) is 0 Å². The molecular formula is C12H27N3O. The van der Waals surface area contributed by atoms with Gasteiger partial charge in [0.25, 0.3) is 0 Å². The van der Waals surface area contributed by atoms with E-state index in [9.17, 15) is 4.79 Å². The molecule has 0 saturated heterocycles. The first-order valence-corrected chi connectivity index (χ1v) is 6.36. The van der Waals surface area contributed by atoms with Gasteiger partial charge < -0.3 is 11.1 Å². The highest BCUT2D eigenvalue weighted by Crippen LogP contribution is 2.09. The van der Waals surface area contributed by atoms with Crippen LogP contribution in [0.2, 0.25) is 0 Å². The van der Waals surface area contributed by atoms with Crippen molar-refractivity contribution in [3.8, 4) is 0 Å². The van der Waals surface area contributed by atoms with Crippen LogP contribution in [0.5, 0.6) is 0 Å². The Bertz CT molecular complexity index is 181. The predicted octanol–water partition coefficient (Wildman–Crippen LogP) is 0.819. The van der Waals surface area contributed by atoms with Crippen molar-refractivity contribution in [2.75, 3.05) is 32.7 Å². The van der Waals surface area contributed by atoms with Crippen LogP contribution in [0.25, 0.3) is 0 Å². The van der Waals surface area contributed by atoms with Gasteiger partial charge in [-0.1, -0.05) is 33.6 Å². The molecule has 0 aromatic carbocycles. The minimum Gasteiger partial charge on any atom is -0.354 e. The number of likely N-dealkylation sites (N-methyl/N-ethyl adjacent to an activating group) is 1. The molecule has 1 amide bonds. The van der Waals surface area contributed by atoms with E-state index in [-0.39, 0.29) is 5.91 Å². The quantitative estimate of drug-likeness (QED) is 0.615. The molecule has 0 aromatic heterocycles. The number of hydrogen-bond acceptors (Lipinski definition) is 3. The lowest BCUT2D eigenvalue weighted by atomic mass is 10.0. The average molecular weight is 229 g/mol. The fourth-order valence-electron chi connectivity index (χ4n) is 1.69. The minimum absolute atomic E-state index is 0.0817. The minimum atomic E-state index is 0.0817. The normalized spacial score (nSPS) is 11.1. The highest BCUT2D eigenvalue weighted by Gasteiger charge is 2.12. The number of rotatable bonds is 9. The SMILES string of the molecule is CCC(CC)CN(CC)CC(=O)NCCN. The van der Waals surface area contributed by atoms with E-state index >= 15 is 0 Å². The van der Waals surface area contributed by atoms with E-state index in [1.807, 2.05) is 0 Å². The fraction of sp³-hybridized carbons (Fsp3) is 0.917. The van der Waals surface area contributed by atoms with Crippen LogP contribution < -0.4 is 11.1 Å². The second-order valence-corrected chi connectivity index (χ2v) is 4.15. The van der Waals surface area contributed by atoms with Crippen LogP contribution in [-0.4, -0.2) is 43.5 Å². The smallest absolute Gasteiger partial charge is 0.234 e. The summed E-state index contributed by atoms with van der Waals surface area (Å²) in [7, 11) is 0. The second kappa shape index (κ2) is 9.60. The summed E-state index contributed by atoms with van der Waals surface area (Å²) in [5.74, 6) is 0.778. The third-order valence-corrected chi connectivity index (χ3v) is 2.95. The molecule has 0 rings (SSSR count). The second-order valence-electron chi connectivity index (χ2n) is 4.15. The van der Waals surface area contributed by atoms with E-state index in [4.69, 9.17) is 5.73 Å². The Hall–Kier alpha value is -0.610. The third-order valence-electron chi connectivity index (χ3n) is 2.95. The lowest BCUT2D eigenvalue weighted by Crippen LogP contribution is -2.40. The summed E-state index contributed by atoms with van der Waals surface area (Å²) in [5.41, 5.74) is 5.34. The van der Waals surface area contributed by atoms with Gasteiger partial charge in [-0.2, -0.15) is 0 Å². The average Bonchev–Trinajstić information content (AvgIpc) is 2.31. The first kappa shape index (κ1) is 15.4. The Kier molecular flexibility index (Phi) is 9.24. The van der Waals surface area contributed by atoms with Gasteiger partial charge in [0, 0.05) is 19.6 Å². The Labute approximate surface area is 99.6 Å². The first-order chi connectivity index (χ1) is 7.67. The zero-order valence-electron chi connectivity index (χ0n) is 11.0. The Morgan fingerprint density at radius 1 is 1.31 bits per heavy atom. The van der Waals surface area contributed by atoms with E-state index in [1.165, 1.54) is 12.8 Å². The van der Waals surface area contributed by atoms with Crippen molar-refractivity contribution in [1.29, 1.82) is 0 Å². The van der Waals surface area contributed by atoms with Gasteiger partial charge in [0.1, 0.15) is 0 Å². The van der Waals surface area contributed by atoms with Gasteiger partial charge in [0.05, 0.1) is 6.54 Å². The molecule has 0 radical (unpaired) electrons. The standard InChI is InChI=1S/C12H27N3O/c1-4-11(5-2)9-15(6-3)10-12(16)14-8-7-13/h11H,4-10,13H2,1-3H3,(H,14,16). The molecule has 4 nitrogen and oxygen atoms in total. The summed E-state index contributed by atoms with van der Waals surface area (Å²) in [6.07, 6.45) is 2.36. The van der Waals surface area contributed by atoms with Gasteiger partial charge in [0.15, 0.2) is 0 Å². The van der Waals surface area contributed by atoms with E-state index in [2.05, 4.69) is 31.0 Å². The lowest BCUT2D eigenvalue weighted by Gasteiger charge is -2.24. The van der Waals surface area contributed by atoms with Gasteiger partial charge in [-0.15, -0.1) is 0 Å². The van der Waals surface area contributed by atoms with Crippen molar-refractivity contribution in [2.45, 2.75) is 33.6 Å². The van der Waals surface area contributed by atoms with Crippen LogP contribution in [0.1, 0.15) is 33.6 Å². The zero-order valence-corrected chi connectivity index (χ0v) is 11.0. The monoisotopic (exact) mass is 229 g/mol. The predicted molar refractivity (Wildman–Crippen MR) is 68.3 cm³/mol. The summed E-state index contributed by atoms with van der Waals surface area (Å²) >= 11 is 0. The maximum atomic E-state index is 11.5. The largest absolute Gasteiger partial charge is 0.354 e. The summed E-state index contributed by atoms with van der Waals surface area (Å²) in [5, 5.41) is 2.80. The van der Waals surface area contributed by atoms with Gasteiger partial charge in [-0.3, -0.25) is 9.69 Å². The number of hydrogen-bond donors (Lipinski definition) is 2. The summed E-state index contributed by atoms with van der Waals surface area (Å²) in [6, 6.07) is 0.